The number of amides is 2. The lowest BCUT2D eigenvalue weighted by Gasteiger charge is -2.37. The molecule has 0 aromatic heterocycles. The summed E-state index contributed by atoms with van der Waals surface area (Å²) in [6, 6.07) is -1.04. The number of rotatable bonds is 6. The third-order valence-corrected chi connectivity index (χ3v) is 4.03. The van der Waals surface area contributed by atoms with Crippen molar-refractivity contribution in [2.24, 2.45) is 5.92 Å². The minimum Gasteiger partial charge on any atom is -0.480 e. The normalized spacial score (nSPS) is 23.0. The van der Waals surface area contributed by atoms with Crippen LogP contribution in [0.25, 0.3) is 0 Å². The first-order chi connectivity index (χ1) is 9.80. The second kappa shape index (κ2) is 7.64. The van der Waals surface area contributed by atoms with Gasteiger partial charge in [0.2, 0.25) is 0 Å². The van der Waals surface area contributed by atoms with E-state index in [1.807, 2.05) is 20.8 Å². The van der Waals surface area contributed by atoms with Gasteiger partial charge >= 0.3 is 12.0 Å². The number of hydrogen-bond donors (Lipinski definition) is 2. The number of piperidine rings is 1. The maximum absolute atomic E-state index is 12.3. The fourth-order valence-electron chi connectivity index (χ4n) is 2.72. The van der Waals surface area contributed by atoms with Crippen LogP contribution in [-0.4, -0.2) is 53.3 Å². The van der Waals surface area contributed by atoms with Crippen LogP contribution in [0.15, 0.2) is 0 Å². The predicted octanol–water partition coefficient (Wildman–Crippen LogP) is 2.09. The van der Waals surface area contributed by atoms with E-state index in [4.69, 9.17) is 4.74 Å². The molecule has 21 heavy (non-hydrogen) atoms. The van der Waals surface area contributed by atoms with Gasteiger partial charge in [-0.05, 0) is 39.5 Å². The lowest BCUT2D eigenvalue weighted by atomic mass is 9.89. The van der Waals surface area contributed by atoms with Crippen molar-refractivity contribution in [1.82, 2.24) is 10.2 Å². The van der Waals surface area contributed by atoms with E-state index in [9.17, 15) is 14.7 Å². The summed E-state index contributed by atoms with van der Waals surface area (Å²) in [5, 5.41) is 12.1. The molecule has 122 valence electrons. The van der Waals surface area contributed by atoms with Crippen molar-refractivity contribution in [3.05, 3.63) is 0 Å². The molecule has 2 unspecified atom stereocenters. The molecular formula is C15H28N2O4. The van der Waals surface area contributed by atoms with Gasteiger partial charge in [0.15, 0.2) is 0 Å². The number of carbonyl (C=O) groups is 2. The molecule has 0 bridgehead atoms. The van der Waals surface area contributed by atoms with Crippen LogP contribution in [0.4, 0.5) is 4.79 Å². The molecule has 1 saturated heterocycles. The highest BCUT2D eigenvalue weighted by atomic mass is 16.5. The van der Waals surface area contributed by atoms with Crippen molar-refractivity contribution in [3.63, 3.8) is 0 Å². The second-order valence-electron chi connectivity index (χ2n) is 6.20. The van der Waals surface area contributed by atoms with E-state index in [0.29, 0.717) is 32.0 Å². The number of aliphatic carboxylic acids is 1. The Bertz CT molecular complexity index is 371. The van der Waals surface area contributed by atoms with E-state index >= 15 is 0 Å². The third kappa shape index (κ3) is 5.19. The average molecular weight is 300 g/mol. The molecule has 1 aliphatic rings. The first-order valence-electron chi connectivity index (χ1n) is 7.72. The largest absolute Gasteiger partial charge is 0.480 e. The molecule has 0 aromatic rings. The molecule has 1 heterocycles. The maximum Gasteiger partial charge on any atom is 0.326 e. The molecule has 0 spiro atoms. The van der Waals surface area contributed by atoms with Gasteiger partial charge in [0.1, 0.15) is 6.04 Å². The van der Waals surface area contributed by atoms with Crippen molar-refractivity contribution >= 4 is 12.0 Å². The number of carbonyl (C=O) groups excluding carboxylic acids is 1. The Kier molecular flexibility index (Phi) is 6.45. The average Bonchev–Trinajstić information content (AvgIpc) is 2.44. The van der Waals surface area contributed by atoms with E-state index < -0.39 is 17.6 Å². The van der Waals surface area contributed by atoms with Crippen LogP contribution >= 0.6 is 0 Å². The van der Waals surface area contributed by atoms with Crippen LogP contribution in [-0.2, 0) is 9.53 Å². The van der Waals surface area contributed by atoms with E-state index in [0.717, 1.165) is 12.8 Å². The van der Waals surface area contributed by atoms with Crippen molar-refractivity contribution < 1.29 is 19.4 Å². The number of nitrogens with one attached hydrogen (secondary N) is 1. The summed E-state index contributed by atoms with van der Waals surface area (Å²) in [5.41, 5.74) is -0.454. The first kappa shape index (κ1) is 17.8. The van der Waals surface area contributed by atoms with Crippen LogP contribution in [0.1, 0.15) is 47.0 Å². The number of carboxylic acids is 1. The molecule has 0 aromatic carbocycles. The van der Waals surface area contributed by atoms with Gasteiger partial charge < -0.3 is 20.1 Å². The topological polar surface area (TPSA) is 78.9 Å². The Hall–Kier alpha value is -1.30. The highest BCUT2D eigenvalue weighted by Gasteiger charge is 2.36. The summed E-state index contributed by atoms with van der Waals surface area (Å²) in [5.74, 6) is -0.539. The number of ether oxygens (including phenoxy) is 1. The Morgan fingerprint density at radius 3 is 2.57 bits per heavy atom. The van der Waals surface area contributed by atoms with Gasteiger partial charge in [-0.2, -0.15) is 0 Å². The fraction of sp³-hybridized carbons (Fsp3) is 0.867. The van der Waals surface area contributed by atoms with Crippen LogP contribution < -0.4 is 5.32 Å². The third-order valence-electron chi connectivity index (χ3n) is 4.03. The molecule has 0 saturated carbocycles. The summed E-state index contributed by atoms with van der Waals surface area (Å²) < 4.78 is 5.53. The standard InChI is InChI=1S/C15H28N2O4/c1-5-11-7-8-17(12(9-11)13(18)19)14(20)16-10-15(3,4)21-6-2/h11-12H,5-10H2,1-4H3,(H,16,20)(H,18,19). The lowest BCUT2D eigenvalue weighted by molar-refractivity contribution is -0.144. The van der Waals surface area contributed by atoms with Crippen molar-refractivity contribution in [2.45, 2.75) is 58.6 Å². The molecule has 1 fully saturated rings. The molecule has 6 nitrogen and oxygen atoms in total. The van der Waals surface area contributed by atoms with Crippen LogP contribution in [0.5, 0.6) is 0 Å². The molecule has 6 heteroatoms. The number of carboxylic acid groups (broad SMARTS) is 1. The minimum absolute atomic E-state index is 0.315. The molecule has 0 radical (unpaired) electrons. The van der Waals surface area contributed by atoms with Gasteiger partial charge in [0, 0.05) is 19.7 Å². The predicted molar refractivity (Wildman–Crippen MR) is 80.2 cm³/mol. The zero-order valence-electron chi connectivity index (χ0n) is 13.5. The fourth-order valence-corrected chi connectivity index (χ4v) is 2.72. The lowest BCUT2D eigenvalue weighted by Crippen LogP contribution is -2.55. The highest BCUT2D eigenvalue weighted by Crippen LogP contribution is 2.25. The van der Waals surface area contributed by atoms with E-state index in [2.05, 4.69) is 12.2 Å². The zero-order chi connectivity index (χ0) is 16.0. The Morgan fingerprint density at radius 2 is 2.05 bits per heavy atom. The van der Waals surface area contributed by atoms with Crippen LogP contribution in [0, 0.1) is 5.92 Å². The molecule has 2 N–H and O–H groups in total. The molecule has 0 aliphatic carbocycles. The van der Waals surface area contributed by atoms with Gasteiger partial charge in [-0.1, -0.05) is 13.3 Å². The van der Waals surface area contributed by atoms with Gasteiger partial charge in [-0.15, -0.1) is 0 Å². The van der Waals surface area contributed by atoms with Crippen LogP contribution in [0.3, 0.4) is 0 Å². The quantitative estimate of drug-likeness (QED) is 0.787. The zero-order valence-corrected chi connectivity index (χ0v) is 13.5. The van der Waals surface area contributed by atoms with E-state index in [1.165, 1.54) is 4.90 Å². The monoisotopic (exact) mass is 300 g/mol. The summed E-state index contributed by atoms with van der Waals surface area (Å²) in [6.45, 7) is 9.19. The number of nitrogens with zero attached hydrogens (tertiary/aromatic N) is 1. The Morgan fingerprint density at radius 1 is 1.38 bits per heavy atom. The summed E-state index contributed by atoms with van der Waals surface area (Å²) >= 11 is 0. The van der Waals surface area contributed by atoms with Gasteiger partial charge in [0.05, 0.1) is 5.60 Å². The number of urea groups is 1. The van der Waals surface area contributed by atoms with Crippen molar-refractivity contribution in [1.29, 1.82) is 0 Å². The maximum atomic E-state index is 12.3. The summed E-state index contributed by atoms with van der Waals surface area (Å²) in [6.07, 6.45) is 2.35. The SMILES string of the molecule is CCOC(C)(C)CNC(=O)N1CCC(CC)CC1C(=O)O. The molecule has 1 rings (SSSR count). The van der Waals surface area contributed by atoms with Crippen LogP contribution in [0.2, 0.25) is 0 Å². The summed E-state index contributed by atoms with van der Waals surface area (Å²) in [7, 11) is 0. The Balaban J connectivity index is 2.61. The molecule has 1 aliphatic heterocycles. The highest BCUT2D eigenvalue weighted by molar-refractivity contribution is 5.82. The number of hydrogen-bond acceptors (Lipinski definition) is 3. The first-order valence-corrected chi connectivity index (χ1v) is 7.72. The van der Waals surface area contributed by atoms with E-state index in [1.54, 1.807) is 0 Å². The smallest absolute Gasteiger partial charge is 0.326 e. The van der Waals surface area contributed by atoms with Gasteiger partial charge in [0.25, 0.3) is 0 Å². The summed E-state index contributed by atoms with van der Waals surface area (Å²) in [4.78, 5) is 25.1. The molecular weight excluding hydrogens is 272 g/mol. The Labute approximate surface area is 126 Å². The van der Waals surface area contributed by atoms with E-state index in [-0.39, 0.29) is 6.03 Å². The van der Waals surface area contributed by atoms with Gasteiger partial charge in [-0.25, -0.2) is 9.59 Å². The van der Waals surface area contributed by atoms with Crippen molar-refractivity contribution in [2.75, 3.05) is 19.7 Å². The molecule has 2 atom stereocenters. The van der Waals surface area contributed by atoms with Crippen molar-refractivity contribution in [3.8, 4) is 0 Å². The number of likely N-dealkylation sites (tertiary alicyclic amines) is 1. The second-order valence-corrected chi connectivity index (χ2v) is 6.20. The minimum atomic E-state index is -0.924. The van der Waals surface area contributed by atoms with Gasteiger partial charge in [-0.3, -0.25) is 0 Å². The molecule has 2 amide bonds.